The highest BCUT2D eigenvalue weighted by atomic mass is 19.2. The highest BCUT2D eigenvalue weighted by molar-refractivity contribution is 5.50. The Bertz CT molecular complexity index is 657. The minimum Gasteiger partial charge on any atom is -0.387 e. The van der Waals surface area contributed by atoms with Crippen molar-refractivity contribution in [1.29, 1.82) is 0 Å². The summed E-state index contributed by atoms with van der Waals surface area (Å²) in [7, 11) is 0. The molecule has 21 heavy (non-hydrogen) atoms. The SMILES string of the molecule is OC(CNc1ccc2c(c1)CCC2)c1ccc(F)c(F)c1. The summed E-state index contributed by atoms with van der Waals surface area (Å²) in [5.74, 6) is -1.85. The average molecular weight is 289 g/mol. The number of aliphatic hydroxyl groups is 1. The van der Waals surface area contributed by atoms with Gasteiger partial charge in [-0.2, -0.15) is 0 Å². The van der Waals surface area contributed by atoms with Crippen LogP contribution in [0.1, 0.15) is 29.2 Å². The largest absolute Gasteiger partial charge is 0.387 e. The zero-order valence-electron chi connectivity index (χ0n) is 11.6. The molecule has 3 rings (SSSR count). The van der Waals surface area contributed by atoms with Gasteiger partial charge >= 0.3 is 0 Å². The normalized spacial score (nSPS) is 14.8. The Morgan fingerprint density at radius 3 is 2.62 bits per heavy atom. The number of halogens is 2. The van der Waals surface area contributed by atoms with Crippen LogP contribution >= 0.6 is 0 Å². The highest BCUT2D eigenvalue weighted by Gasteiger charge is 2.13. The number of aliphatic hydroxyl groups excluding tert-OH is 1. The predicted octanol–water partition coefficient (Wildman–Crippen LogP) is 3.60. The first-order valence-corrected chi connectivity index (χ1v) is 7.12. The van der Waals surface area contributed by atoms with Crippen molar-refractivity contribution in [2.24, 2.45) is 0 Å². The molecule has 2 N–H and O–H groups in total. The van der Waals surface area contributed by atoms with Gasteiger partial charge in [0.25, 0.3) is 0 Å². The number of anilines is 1. The van der Waals surface area contributed by atoms with Crippen molar-refractivity contribution in [2.75, 3.05) is 11.9 Å². The summed E-state index contributed by atoms with van der Waals surface area (Å²) in [5, 5.41) is 13.2. The zero-order chi connectivity index (χ0) is 14.8. The lowest BCUT2D eigenvalue weighted by Crippen LogP contribution is -2.12. The van der Waals surface area contributed by atoms with E-state index < -0.39 is 17.7 Å². The van der Waals surface area contributed by atoms with E-state index in [4.69, 9.17) is 0 Å². The fourth-order valence-corrected chi connectivity index (χ4v) is 2.73. The van der Waals surface area contributed by atoms with Crippen LogP contribution in [0.15, 0.2) is 36.4 Å². The lowest BCUT2D eigenvalue weighted by molar-refractivity contribution is 0.191. The summed E-state index contributed by atoms with van der Waals surface area (Å²) in [6, 6.07) is 9.65. The standard InChI is InChI=1S/C17H17F2NO/c18-15-7-5-13(9-16(15)19)17(21)10-20-14-6-4-11-2-1-3-12(11)8-14/h4-9,17,20-21H,1-3,10H2. The molecule has 0 fully saturated rings. The Morgan fingerprint density at radius 1 is 1.00 bits per heavy atom. The predicted molar refractivity (Wildman–Crippen MR) is 78.3 cm³/mol. The van der Waals surface area contributed by atoms with E-state index in [1.807, 2.05) is 6.07 Å². The minimum atomic E-state index is -0.941. The van der Waals surface area contributed by atoms with Gasteiger partial charge in [0.1, 0.15) is 0 Å². The molecule has 1 atom stereocenters. The number of nitrogens with one attached hydrogen (secondary N) is 1. The average Bonchev–Trinajstić information content (AvgIpc) is 2.95. The molecule has 0 aromatic heterocycles. The molecule has 1 aliphatic rings. The van der Waals surface area contributed by atoms with E-state index in [9.17, 15) is 13.9 Å². The second-order valence-corrected chi connectivity index (χ2v) is 5.41. The first kappa shape index (κ1) is 14.0. The van der Waals surface area contributed by atoms with Crippen LogP contribution in [0.3, 0.4) is 0 Å². The van der Waals surface area contributed by atoms with E-state index >= 15 is 0 Å². The molecular formula is C17H17F2NO. The third-order valence-corrected chi connectivity index (χ3v) is 3.93. The van der Waals surface area contributed by atoms with Crippen LogP contribution in [0, 0.1) is 11.6 Å². The van der Waals surface area contributed by atoms with Crippen LogP contribution in [0.4, 0.5) is 14.5 Å². The van der Waals surface area contributed by atoms with Gasteiger partial charge in [0, 0.05) is 12.2 Å². The lowest BCUT2D eigenvalue weighted by Gasteiger charge is -2.14. The third-order valence-electron chi connectivity index (χ3n) is 3.93. The number of hydrogen-bond acceptors (Lipinski definition) is 2. The fraction of sp³-hybridized carbons (Fsp3) is 0.294. The summed E-state index contributed by atoms with van der Waals surface area (Å²) in [4.78, 5) is 0. The Balaban J connectivity index is 1.65. The highest BCUT2D eigenvalue weighted by Crippen LogP contribution is 2.25. The van der Waals surface area contributed by atoms with Crippen molar-refractivity contribution in [2.45, 2.75) is 25.4 Å². The topological polar surface area (TPSA) is 32.3 Å². The van der Waals surface area contributed by atoms with Gasteiger partial charge in [-0.3, -0.25) is 0 Å². The number of hydrogen-bond donors (Lipinski definition) is 2. The molecule has 0 amide bonds. The van der Waals surface area contributed by atoms with Crippen molar-refractivity contribution in [3.05, 3.63) is 64.7 Å². The smallest absolute Gasteiger partial charge is 0.159 e. The second kappa shape index (κ2) is 5.82. The van der Waals surface area contributed by atoms with Crippen molar-refractivity contribution >= 4 is 5.69 Å². The van der Waals surface area contributed by atoms with Gasteiger partial charge in [-0.25, -0.2) is 8.78 Å². The molecule has 0 radical (unpaired) electrons. The fourth-order valence-electron chi connectivity index (χ4n) is 2.73. The van der Waals surface area contributed by atoms with Crippen LogP contribution in [0.2, 0.25) is 0 Å². The molecule has 1 unspecified atom stereocenters. The van der Waals surface area contributed by atoms with Crippen LogP contribution in [-0.2, 0) is 12.8 Å². The molecule has 0 bridgehead atoms. The first-order chi connectivity index (χ1) is 10.1. The Labute approximate surface area is 122 Å². The van der Waals surface area contributed by atoms with Crippen LogP contribution < -0.4 is 5.32 Å². The molecular weight excluding hydrogens is 272 g/mol. The van der Waals surface area contributed by atoms with Crippen LogP contribution in [0.25, 0.3) is 0 Å². The molecule has 0 saturated heterocycles. The molecule has 0 saturated carbocycles. The van der Waals surface area contributed by atoms with Gasteiger partial charge in [0.05, 0.1) is 6.10 Å². The maximum Gasteiger partial charge on any atom is 0.159 e. The molecule has 2 nitrogen and oxygen atoms in total. The van der Waals surface area contributed by atoms with E-state index in [0.29, 0.717) is 5.56 Å². The van der Waals surface area contributed by atoms with Crippen molar-refractivity contribution in [3.63, 3.8) is 0 Å². The molecule has 2 aromatic carbocycles. The maximum absolute atomic E-state index is 13.1. The maximum atomic E-state index is 13.1. The summed E-state index contributed by atoms with van der Waals surface area (Å²) < 4.78 is 26.0. The summed E-state index contributed by atoms with van der Waals surface area (Å²) >= 11 is 0. The second-order valence-electron chi connectivity index (χ2n) is 5.41. The van der Waals surface area contributed by atoms with Gasteiger partial charge < -0.3 is 10.4 Å². The lowest BCUT2D eigenvalue weighted by atomic mass is 10.1. The molecule has 0 aliphatic heterocycles. The van der Waals surface area contributed by atoms with Gasteiger partial charge in [0.15, 0.2) is 11.6 Å². The summed E-state index contributed by atoms with van der Waals surface area (Å²) in [6.07, 6.45) is 2.54. The zero-order valence-corrected chi connectivity index (χ0v) is 11.6. The summed E-state index contributed by atoms with van der Waals surface area (Å²) in [5.41, 5.74) is 4.05. The van der Waals surface area contributed by atoms with Gasteiger partial charge in [-0.05, 0) is 60.2 Å². The summed E-state index contributed by atoms with van der Waals surface area (Å²) in [6.45, 7) is 0.254. The van der Waals surface area contributed by atoms with E-state index in [0.717, 1.165) is 30.7 Å². The van der Waals surface area contributed by atoms with Gasteiger partial charge in [-0.15, -0.1) is 0 Å². The molecule has 2 aromatic rings. The van der Waals surface area contributed by atoms with Crippen molar-refractivity contribution < 1.29 is 13.9 Å². The number of rotatable bonds is 4. The molecule has 110 valence electrons. The Kier molecular flexibility index (Phi) is 3.88. The molecule has 0 spiro atoms. The van der Waals surface area contributed by atoms with E-state index in [-0.39, 0.29) is 6.54 Å². The molecule has 0 heterocycles. The first-order valence-electron chi connectivity index (χ1n) is 7.12. The van der Waals surface area contributed by atoms with Crippen LogP contribution in [-0.4, -0.2) is 11.7 Å². The quantitative estimate of drug-likeness (QED) is 0.901. The van der Waals surface area contributed by atoms with E-state index in [2.05, 4.69) is 17.4 Å². The van der Waals surface area contributed by atoms with E-state index in [1.54, 1.807) is 0 Å². The minimum absolute atomic E-state index is 0.254. The molecule has 1 aliphatic carbocycles. The number of fused-ring (bicyclic) bond motifs is 1. The van der Waals surface area contributed by atoms with E-state index in [1.165, 1.54) is 23.6 Å². The number of benzene rings is 2. The third kappa shape index (κ3) is 3.05. The Morgan fingerprint density at radius 2 is 1.81 bits per heavy atom. The van der Waals surface area contributed by atoms with Gasteiger partial charge in [0.2, 0.25) is 0 Å². The van der Waals surface area contributed by atoms with Crippen LogP contribution in [0.5, 0.6) is 0 Å². The molecule has 4 heteroatoms. The van der Waals surface area contributed by atoms with Crippen molar-refractivity contribution in [1.82, 2.24) is 0 Å². The Hall–Kier alpha value is -1.94. The van der Waals surface area contributed by atoms with Crippen molar-refractivity contribution in [3.8, 4) is 0 Å². The van der Waals surface area contributed by atoms with Gasteiger partial charge in [-0.1, -0.05) is 12.1 Å². The monoisotopic (exact) mass is 289 g/mol. The number of aryl methyl sites for hydroxylation is 2.